The molecule has 3 nitrogen and oxygen atoms in total. The highest BCUT2D eigenvalue weighted by Crippen LogP contribution is 2.14. The molecule has 0 saturated carbocycles. The molecule has 0 bridgehead atoms. The lowest BCUT2D eigenvalue weighted by Gasteiger charge is -2.10. The third kappa shape index (κ3) is 2.50. The molecule has 2 rings (SSSR count). The molecule has 2 aromatic rings. The van der Waals surface area contributed by atoms with Gasteiger partial charge in [0, 0.05) is 18.8 Å². The van der Waals surface area contributed by atoms with Crippen LogP contribution in [0.2, 0.25) is 0 Å². The van der Waals surface area contributed by atoms with Crippen molar-refractivity contribution in [2.24, 2.45) is 5.73 Å². The molecule has 5 heteroatoms. The van der Waals surface area contributed by atoms with Crippen LogP contribution in [0.1, 0.15) is 24.2 Å². The Hall–Kier alpha value is -1.75. The molecule has 1 atom stereocenters. The van der Waals surface area contributed by atoms with Gasteiger partial charge in [-0.15, -0.1) is 0 Å². The third-order valence-electron chi connectivity index (χ3n) is 2.55. The van der Waals surface area contributed by atoms with Crippen molar-refractivity contribution in [3.63, 3.8) is 0 Å². The van der Waals surface area contributed by atoms with Crippen LogP contribution in [0.25, 0.3) is 0 Å². The van der Waals surface area contributed by atoms with Gasteiger partial charge in [0.1, 0.15) is 0 Å². The molecule has 1 aromatic carbocycles. The monoisotopic (exact) mass is 237 g/mol. The molecule has 1 heterocycles. The van der Waals surface area contributed by atoms with Gasteiger partial charge in [-0.3, -0.25) is 0 Å². The second kappa shape index (κ2) is 4.63. The molecule has 0 radical (unpaired) electrons. The number of nitrogens with zero attached hydrogens (tertiary/aromatic N) is 2. The Labute approximate surface area is 97.9 Å². The molecule has 0 spiro atoms. The summed E-state index contributed by atoms with van der Waals surface area (Å²) in [7, 11) is 0. The predicted molar refractivity (Wildman–Crippen MR) is 60.3 cm³/mol. The minimum Gasteiger partial charge on any atom is -0.329 e. The topological polar surface area (TPSA) is 43.8 Å². The SMILES string of the molecule is CC(N)c1cncn1Cc1ccc(F)c(F)c1. The van der Waals surface area contributed by atoms with Gasteiger partial charge in [0.25, 0.3) is 0 Å². The first-order valence-electron chi connectivity index (χ1n) is 5.27. The zero-order chi connectivity index (χ0) is 12.4. The number of aromatic nitrogens is 2. The van der Waals surface area contributed by atoms with Crippen LogP contribution in [0.3, 0.4) is 0 Å². The lowest BCUT2D eigenvalue weighted by molar-refractivity contribution is 0.506. The number of rotatable bonds is 3. The third-order valence-corrected chi connectivity index (χ3v) is 2.55. The molecular weight excluding hydrogens is 224 g/mol. The molecule has 1 aromatic heterocycles. The average molecular weight is 237 g/mol. The van der Waals surface area contributed by atoms with Gasteiger partial charge in [0.2, 0.25) is 0 Å². The Kier molecular flexibility index (Phi) is 3.19. The average Bonchev–Trinajstić information content (AvgIpc) is 2.72. The second-order valence-electron chi connectivity index (χ2n) is 3.98. The van der Waals surface area contributed by atoms with Crippen molar-refractivity contribution in [3.05, 3.63) is 53.6 Å². The molecule has 90 valence electrons. The number of hydrogen-bond acceptors (Lipinski definition) is 2. The van der Waals surface area contributed by atoms with Crippen LogP contribution in [-0.2, 0) is 6.54 Å². The Bertz CT molecular complexity index is 520. The summed E-state index contributed by atoms with van der Waals surface area (Å²) in [6, 6.07) is 3.69. The zero-order valence-corrected chi connectivity index (χ0v) is 9.40. The van der Waals surface area contributed by atoms with E-state index in [1.165, 1.54) is 6.07 Å². The van der Waals surface area contributed by atoms with E-state index in [9.17, 15) is 8.78 Å². The highest BCUT2D eigenvalue weighted by atomic mass is 19.2. The van der Waals surface area contributed by atoms with Gasteiger partial charge in [0.05, 0.1) is 12.0 Å². The standard InChI is InChI=1S/C12H13F2N3/c1-8(15)12-5-16-7-17(12)6-9-2-3-10(13)11(14)4-9/h2-5,7-8H,6,15H2,1H3. The number of hydrogen-bond donors (Lipinski definition) is 1. The molecule has 0 saturated heterocycles. The number of imidazole rings is 1. The molecular formula is C12H13F2N3. The quantitative estimate of drug-likeness (QED) is 0.889. The minimum absolute atomic E-state index is 0.150. The zero-order valence-electron chi connectivity index (χ0n) is 9.40. The van der Waals surface area contributed by atoms with Gasteiger partial charge in [-0.05, 0) is 24.6 Å². The summed E-state index contributed by atoms with van der Waals surface area (Å²) >= 11 is 0. The summed E-state index contributed by atoms with van der Waals surface area (Å²) in [5, 5.41) is 0. The van der Waals surface area contributed by atoms with Crippen LogP contribution in [0.5, 0.6) is 0 Å². The smallest absolute Gasteiger partial charge is 0.159 e. The van der Waals surface area contributed by atoms with Crippen molar-refractivity contribution in [2.75, 3.05) is 0 Å². The van der Waals surface area contributed by atoms with E-state index in [0.717, 1.165) is 11.8 Å². The summed E-state index contributed by atoms with van der Waals surface area (Å²) < 4.78 is 27.6. The second-order valence-corrected chi connectivity index (χ2v) is 3.98. The van der Waals surface area contributed by atoms with Crippen molar-refractivity contribution in [1.29, 1.82) is 0 Å². The van der Waals surface area contributed by atoms with Crippen molar-refractivity contribution >= 4 is 0 Å². The number of benzene rings is 1. The van der Waals surface area contributed by atoms with Crippen molar-refractivity contribution in [1.82, 2.24) is 9.55 Å². The van der Waals surface area contributed by atoms with Gasteiger partial charge in [-0.1, -0.05) is 6.07 Å². The molecule has 0 amide bonds. The van der Waals surface area contributed by atoms with E-state index < -0.39 is 11.6 Å². The van der Waals surface area contributed by atoms with Crippen LogP contribution < -0.4 is 5.73 Å². The number of nitrogens with two attached hydrogens (primary N) is 1. The van der Waals surface area contributed by atoms with E-state index in [2.05, 4.69) is 4.98 Å². The van der Waals surface area contributed by atoms with E-state index >= 15 is 0 Å². The van der Waals surface area contributed by atoms with Gasteiger partial charge in [-0.2, -0.15) is 0 Å². The Morgan fingerprint density at radius 3 is 2.76 bits per heavy atom. The predicted octanol–water partition coefficient (Wildman–Crippen LogP) is 2.23. The molecule has 0 aliphatic heterocycles. The van der Waals surface area contributed by atoms with Crippen LogP contribution >= 0.6 is 0 Å². The summed E-state index contributed by atoms with van der Waals surface area (Å²) in [4.78, 5) is 3.99. The Morgan fingerprint density at radius 1 is 1.35 bits per heavy atom. The van der Waals surface area contributed by atoms with E-state index in [-0.39, 0.29) is 6.04 Å². The van der Waals surface area contributed by atoms with Gasteiger partial charge < -0.3 is 10.3 Å². The minimum atomic E-state index is -0.843. The van der Waals surface area contributed by atoms with Crippen molar-refractivity contribution in [2.45, 2.75) is 19.5 Å². The maximum absolute atomic E-state index is 13.0. The molecule has 1 unspecified atom stereocenters. The lowest BCUT2D eigenvalue weighted by atomic mass is 10.2. The normalized spacial score (nSPS) is 12.7. The van der Waals surface area contributed by atoms with E-state index in [4.69, 9.17) is 5.73 Å². The molecule has 2 N–H and O–H groups in total. The maximum atomic E-state index is 13.0. The summed E-state index contributed by atoms with van der Waals surface area (Å²) in [5.41, 5.74) is 7.30. The summed E-state index contributed by atoms with van der Waals surface area (Å²) in [5.74, 6) is -1.68. The molecule has 17 heavy (non-hydrogen) atoms. The molecule has 0 fully saturated rings. The Morgan fingerprint density at radius 2 is 2.12 bits per heavy atom. The van der Waals surface area contributed by atoms with E-state index in [1.54, 1.807) is 18.6 Å². The summed E-state index contributed by atoms with van der Waals surface area (Å²) in [6.07, 6.45) is 3.30. The highest BCUT2D eigenvalue weighted by Gasteiger charge is 2.08. The Balaban J connectivity index is 2.25. The van der Waals surface area contributed by atoms with E-state index in [0.29, 0.717) is 12.1 Å². The van der Waals surface area contributed by atoms with Crippen LogP contribution in [0, 0.1) is 11.6 Å². The maximum Gasteiger partial charge on any atom is 0.159 e. The van der Waals surface area contributed by atoms with Crippen LogP contribution in [0.4, 0.5) is 8.78 Å². The van der Waals surface area contributed by atoms with Crippen molar-refractivity contribution in [3.8, 4) is 0 Å². The van der Waals surface area contributed by atoms with Gasteiger partial charge in [-0.25, -0.2) is 13.8 Å². The molecule has 0 aliphatic rings. The fraction of sp³-hybridized carbons (Fsp3) is 0.250. The first-order chi connectivity index (χ1) is 8.08. The van der Waals surface area contributed by atoms with Gasteiger partial charge >= 0.3 is 0 Å². The number of halogens is 2. The largest absolute Gasteiger partial charge is 0.329 e. The summed E-state index contributed by atoms with van der Waals surface area (Å²) in [6.45, 7) is 2.27. The van der Waals surface area contributed by atoms with Crippen molar-refractivity contribution < 1.29 is 8.78 Å². The first kappa shape index (κ1) is 11.7. The van der Waals surface area contributed by atoms with Crippen LogP contribution in [0.15, 0.2) is 30.7 Å². The lowest BCUT2D eigenvalue weighted by Crippen LogP contribution is -2.12. The molecule has 0 aliphatic carbocycles. The first-order valence-corrected chi connectivity index (χ1v) is 5.27. The van der Waals surface area contributed by atoms with Gasteiger partial charge in [0.15, 0.2) is 11.6 Å². The van der Waals surface area contributed by atoms with Crippen LogP contribution in [-0.4, -0.2) is 9.55 Å². The van der Waals surface area contributed by atoms with E-state index in [1.807, 2.05) is 11.5 Å². The highest BCUT2D eigenvalue weighted by molar-refractivity contribution is 5.19. The fourth-order valence-electron chi connectivity index (χ4n) is 1.68. The fourth-order valence-corrected chi connectivity index (χ4v) is 1.68.